The van der Waals surface area contributed by atoms with Crippen molar-refractivity contribution in [2.45, 2.75) is 38.6 Å². The van der Waals surface area contributed by atoms with Gasteiger partial charge in [0.15, 0.2) is 11.5 Å². The number of nitrogens with one attached hydrogen (secondary N) is 1. The predicted molar refractivity (Wildman–Crippen MR) is 108 cm³/mol. The molecule has 1 aromatic carbocycles. The zero-order chi connectivity index (χ0) is 16.1. The molecule has 1 heterocycles. The topological polar surface area (TPSA) is 33.7 Å². The molecule has 0 bridgehead atoms. The van der Waals surface area contributed by atoms with Crippen molar-refractivity contribution in [3.8, 4) is 11.5 Å². The van der Waals surface area contributed by atoms with Crippen molar-refractivity contribution in [2.24, 2.45) is 5.92 Å². The van der Waals surface area contributed by atoms with Crippen LogP contribution in [0.4, 0.5) is 0 Å². The second-order valence-corrected chi connectivity index (χ2v) is 6.62. The summed E-state index contributed by atoms with van der Waals surface area (Å²) in [5, 5.41) is 3.47. The third kappa shape index (κ3) is 5.40. The van der Waals surface area contributed by atoms with E-state index in [9.17, 15) is 0 Å². The van der Waals surface area contributed by atoms with Crippen LogP contribution < -0.4 is 14.8 Å². The Balaban J connectivity index is 0.00000156. The largest absolute Gasteiger partial charge is 0.493 e. The van der Waals surface area contributed by atoms with Gasteiger partial charge in [0.25, 0.3) is 0 Å². The van der Waals surface area contributed by atoms with Gasteiger partial charge in [0, 0.05) is 32.2 Å². The van der Waals surface area contributed by atoms with Crippen molar-refractivity contribution < 1.29 is 9.47 Å². The lowest BCUT2D eigenvalue weighted by atomic mass is 9.89. The quantitative estimate of drug-likeness (QED) is 0.793. The first-order valence-corrected chi connectivity index (χ1v) is 9.09. The highest BCUT2D eigenvalue weighted by Gasteiger charge is 2.32. The Hall–Kier alpha value is -0.680. The molecule has 1 aliphatic carbocycles. The number of piperazine rings is 1. The molecule has 1 atom stereocenters. The Kier molecular flexibility index (Phi) is 9.95. The van der Waals surface area contributed by atoms with Crippen molar-refractivity contribution >= 4 is 24.8 Å². The summed E-state index contributed by atoms with van der Waals surface area (Å²) in [6.45, 7) is 7.14. The minimum absolute atomic E-state index is 0. The van der Waals surface area contributed by atoms with Crippen LogP contribution in [0.15, 0.2) is 18.2 Å². The van der Waals surface area contributed by atoms with E-state index in [1.54, 1.807) is 7.11 Å². The molecule has 0 spiro atoms. The van der Waals surface area contributed by atoms with Crippen molar-refractivity contribution in [2.75, 3.05) is 39.9 Å². The summed E-state index contributed by atoms with van der Waals surface area (Å²) in [5.74, 6) is 2.49. The van der Waals surface area contributed by atoms with E-state index in [1.807, 2.05) is 6.92 Å². The highest BCUT2D eigenvalue weighted by molar-refractivity contribution is 5.85. The average molecular weight is 391 g/mol. The molecule has 25 heavy (non-hydrogen) atoms. The Bertz CT molecular complexity index is 504. The van der Waals surface area contributed by atoms with E-state index >= 15 is 0 Å². The van der Waals surface area contributed by atoms with Crippen LogP contribution in [0.2, 0.25) is 0 Å². The van der Waals surface area contributed by atoms with Crippen LogP contribution in [-0.4, -0.2) is 44.8 Å². The highest BCUT2D eigenvalue weighted by atomic mass is 35.5. The SMILES string of the molecule is CCOc1ccc([C@H](C2CCCC2)N2CCNCC2)cc1OC.Cl.Cl. The van der Waals surface area contributed by atoms with Crippen LogP contribution in [0.1, 0.15) is 44.2 Å². The summed E-state index contributed by atoms with van der Waals surface area (Å²) in [6, 6.07) is 7.06. The lowest BCUT2D eigenvalue weighted by Crippen LogP contribution is -2.46. The zero-order valence-electron chi connectivity index (χ0n) is 15.3. The Morgan fingerprint density at radius 1 is 1.12 bits per heavy atom. The smallest absolute Gasteiger partial charge is 0.161 e. The van der Waals surface area contributed by atoms with Gasteiger partial charge in [-0.3, -0.25) is 4.90 Å². The Morgan fingerprint density at radius 2 is 1.80 bits per heavy atom. The lowest BCUT2D eigenvalue weighted by molar-refractivity contribution is 0.125. The Labute approximate surface area is 164 Å². The molecule has 1 aromatic rings. The number of methoxy groups -OCH3 is 1. The predicted octanol–water partition coefficient (Wildman–Crippen LogP) is 4.07. The molecule has 0 unspecified atom stereocenters. The Morgan fingerprint density at radius 3 is 2.40 bits per heavy atom. The maximum absolute atomic E-state index is 5.68. The third-order valence-corrected chi connectivity index (χ3v) is 5.22. The van der Waals surface area contributed by atoms with E-state index in [-0.39, 0.29) is 24.8 Å². The fraction of sp³-hybridized carbons (Fsp3) is 0.684. The molecule has 144 valence electrons. The van der Waals surface area contributed by atoms with E-state index in [0.29, 0.717) is 12.6 Å². The average Bonchev–Trinajstić information content (AvgIpc) is 3.11. The molecule has 3 rings (SSSR count). The van der Waals surface area contributed by atoms with Gasteiger partial charge in [-0.15, -0.1) is 24.8 Å². The normalized spacial score (nSPS) is 19.6. The highest BCUT2D eigenvalue weighted by Crippen LogP contribution is 2.42. The molecular formula is C19H32Cl2N2O2. The van der Waals surface area contributed by atoms with Gasteiger partial charge < -0.3 is 14.8 Å². The zero-order valence-corrected chi connectivity index (χ0v) is 17.0. The number of halogens is 2. The molecule has 1 saturated carbocycles. The fourth-order valence-corrected chi connectivity index (χ4v) is 4.16. The minimum atomic E-state index is 0. The number of hydrogen-bond acceptors (Lipinski definition) is 4. The second-order valence-electron chi connectivity index (χ2n) is 6.62. The van der Waals surface area contributed by atoms with Gasteiger partial charge in [-0.25, -0.2) is 0 Å². The van der Waals surface area contributed by atoms with E-state index in [0.717, 1.165) is 43.6 Å². The van der Waals surface area contributed by atoms with Crippen LogP contribution in [0.5, 0.6) is 11.5 Å². The summed E-state index contributed by atoms with van der Waals surface area (Å²) in [6.07, 6.45) is 5.46. The van der Waals surface area contributed by atoms with Gasteiger partial charge in [-0.05, 0) is 43.4 Å². The van der Waals surface area contributed by atoms with Crippen LogP contribution in [0, 0.1) is 5.92 Å². The van der Waals surface area contributed by atoms with Gasteiger partial charge in [0.05, 0.1) is 13.7 Å². The first-order valence-electron chi connectivity index (χ1n) is 9.09. The van der Waals surface area contributed by atoms with E-state index < -0.39 is 0 Å². The molecule has 1 aliphatic heterocycles. The van der Waals surface area contributed by atoms with Crippen molar-refractivity contribution in [3.05, 3.63) is 23.8 Å². The maximum Gasteiger partial charge on any atom is 0.161 e. The fourth-order valence-electron chi connectivity index (χ4n) is 4.16. The monoisotopic (exact) mass is 390 g/mol. The van der Waals surface area contributed by atoms with Crippen LogP contribution in [-0.2, 0) is 0 Å². The van der Waals surface area contributed by atoms with Crippen LogP contribution >= 0.6 is 24.8 Å². The number of nitrogens with zero attached hydrogens (tertiary/aromatic N) is 1. The van der Waals surface area contributed by atoms with Crippen molar-refractivity contribution in [1.29, 1.82) is 0 Å². The first kappa shape index (κ1) is 22.4. The molecule has 1 N–H and O–H groups in total. The first-order chi connectivity index (χ1) is 11.3. The molecule has 0 aromatic heterocycles. The minimum Gasteiger partial charge on any atom is -0.493 e. The molecule has 0 radical (unpaired) electrons. The summed E-state index contributed by atoms with van der Waals surface area (Å²) >= 11 is 0. The van der Waals surface area contributed by atoms with Crippen LogP contribution in [0.3, 0.4) is 0 Å². The van der Waals surface area contributed by atoms with E-state index in [2.05, 4.69) is 28.4 Å². The molecule has 0 amide bonds. The summed E-state index contributed by atoms with van der Waals surface area (Å²) in [4.78, 5) is 2.67. The molecule has 2 aliphatic rings. The van der Waals surface area contributed by atoms with Gasteiger partial charge in [0.2, 0.25) is 0 Å². The van der Waals surface area contributed by atoms with Gasteiger partial charge in [-0.1, -0.05) is 18.9 Å². The number of hydrogen-bond donors (Lipinski definition) is 1. The third-order valence-electron chi connectivity index (χ3n) is 5.22. The summed E-state index contributed by atoms with van der Waals surface area (Å²) in [7, 11) is 1.73. The molecular weight excluding hydrogens is 359 g/mol. The summed E-state index contributed by atoms with van der Waals surface area (Å²) in [5.41, 5.74) is 1.39. The van der Waals surface area contributed by atoms with Crippen molar-refractivity contribution in [3.63, 3.8) is 0 Å². The van der Waals surface area contributed by atoms with Crippen LogP contribution in [0.25, 0.3) is 0 Å². The standard InChI is InChI=1S/C19H30N2O2.2ClH/c1-3-23-17-9-8-16(14-18(17)22-2)19(15-6-4-5-7-15)21-12-10-20-11-13-21;;/h8-9,14-15,19-20H,3-7,10-13H2,1-2H3;2*1H/t19-;;/m0../s1. The van der Waals surface area contributed by atoms with Gasteiger partial charge in [-0.2, -0.15) is 0 Å². The molecule has 4 nitrogen and oxygen atoms in total. The molecule has 2 fully saturated rings. The van der Waals surface area contributed by atoms with E-state index in [4.69, 9.17) is 9.47 Å². The maximum atomic E-state index is 5.68. The number of benzene rings is 1. The summed E-state index contributed by atoms with van der Waals surface area (Å²) < 4.78 is 11.3. The number of ether oxygens (including phenoxy) is 2. The van der Waals surface area contributed by atoms with Crippen molar-refractivity contribution in [1.82, 2.24) is 10.2 Å². The lowest BCUT2D eigenvalue weighted by Gasteiger charge is -2.38. The van der Waals surface area contributed by atoms with Gasteiger partial charge >= 0.3 is 0 Å². The number of rotatable bonds is 6. The molecule has 6 heteroatoms. The van der Waals surface area contributed by atoms with E-state index in [1.165, 1.54) is 31.2 Å². The molecule has 1 saturated heterocycles. The second kappa shape index (κ2) is 11.1. The van der Waals surface area contributed by atoms with Gasteiger partial charge in [0.1, 0.15) is 0 Å².